The second-order valence-electron chi connectivity index (χ2n) is 6.09. The van der Waals surface area contributed by atoms with Gasteiger partial charge < -0.3 is 4.90 Å². The van der Waals surface area contributed by atoms with Crippen molar-refractivity contribution in [3.63, 3.8) is 0 Å². The molecule has 1 aromatic carbocycles. The van der Waals surface area contributed by atoms with E-state index in [1.54, 1.807) is 12.1 Å². The molecular formula is C16H21ClN2O. The molecule has 1 atom stereocenters. The first-order chi connectivity index (χ1) is 9.61. The molecule has 4 heteroatoms. The van der Waals surface area contributed by atoms with Crippen LogP contribution in [0.15, 0.2) is 24.3 Å². The van der Waals surface area contributed by atoms with Crippen LogP contribution < -0.4 is 0 Å². The van der Waals surface area contributed by atoms with Crippen molar-refractivity contribution in [2.24, 2.45) is 0 Å². The topological polar surface area (TPSA) is 23.6 Å². The van der Waals surface area contributed by atoms with E-state index in [0.29, 0.717) is 10.6 Å². The first-order valence-electron chi connectivity index (χ1n) is 7.37. The summed E-state index contributed by atoms with van der Waals surface area (Å²) < 4.78 is 0. The van der Waals surface area contributed by atoms with E-state index in [4.69, 9.17) is 11.6 Å². The summed E-state index contributed by atoms with van der Waals surface area (Å²) in [4.78, 5) is 17.1. The molecular weight excluding hydrogens is 272 g/mol. The van der Waals surface area contributed by atoms with Gasteiger partial charge in [0.2, 0.25) is 0 Å². The van der Waals surface area contributed by atoms with Crippen LogP contribution in [-0.2, 0) is 0 Å². The number of carbonyl (C=O) groups excluding carboxylic acids is 1. The van der Waals surface area contributed by atoms with Gasteiger partial charge in [-0.2, -0.15) is 0 Å². The molecule has 0 bridgehead atoms. The van der Waals surface area contributed by atoms with Crippen LogP contribution in [0.4, 0.5) is 0 Å². The Morgan fingerprint density at radius 2 is 2.00 bits per heavy atom. The molecule has 2 saturated heterocycles. The molecule has 0 saturated carbocycles. The number of hydrogen-bond donors (Lipinski definition) is 0. The van der Waals surface area contributed by atoms with Crippen LogP contribution in [0.25, 0.3) is 0 Å². The first-order valence-corrected chi connectivity index (χ1v) is 7.75. The van der Waals surface area contributed by atoms with Gasteiger partial charge in [-0.05, 0) is 57.5 Å². The van der Waals surface area contributed by atoms with Crippen molar-refractivity contribution in [3.8, 4) is 0 Å². The van der Waals surface area contributed by atoms with Gasteiger partial charge in [-0.1, -0.05) is 17.7 Å². The largest absolute Gasteiger partial charge is 0.337 e. The van der Waals surface area contributed by atoms with Gasteiger partial charge in [-0.25, -0.2) is 0 Å². The Labute approximate surface area is 125 Å². The summed E-state index contributed by atoms with van der Waals surface area (Å²) in [5.74, 6) is 0.117. The standard InChI is InChI=1S/C16H21ClN2O/c1-18-9-3-7-16(18)8-4-10-19(12-16)15(20)13-5-2-6-14(17)11-13/h2,5-6,11H,3-4,7-10,12H2,1H3. The Hall–Kier alpha value is -1.06. The number of likely N-dealkylation sites (tertiary alicyclic amines) is 2. The third-order valence-corrected chi connectivity index (χ3v) is 5.09. The van der Waals surface area contributed by atoms with Crippen molar-refractivity contribution in [2.45, 2.75) is 31.2 Å². The Balaban J connectivity index is 1.78. The number of halogens is 1. The van der Waals surface area contributed by atoms with Crippen molar-refractivity contribution >= 4 is 17.5 Å². The highest BCUT2D eigenvalue weighted by Gasteiger charge is 2.43. The number of carbonyl (C=O) groups is 1. The second kappa shape index (κ2) is 5.38. The molecule has 2 fully saturated rings. The van der Waals surface area contributed by atoms with Gasteiger partial charge in [0, 0.05) is 29.2 Å². The van der Waals surface area contributed by atoms with Crippen LogP contribution >= 0.6 is 11.6 Å². The van der Waals surface area contributed by atoms with Crippen LogP contribution in [0.1, 0.15) is 36.0 Å². The number of benzene rings is 1. The minimum atomic E-state index is 0.117. The van der Waals surface area contributed by atoms with Crippen LogP contribution in [0, 0.1) is 0 Å². The Morgan fingerprint density at radius 3 is 2.70 bits per heavy atom. The molecule has 3 nitrogen and oxygen atoms in total. The molecule has 108 valence electrons. The van der Waals surface area contributed by atoms with E-state index in [9.17, 15) is 4.79 Å². The summed E-state index contributed by atoms with van der Waals surface area (Å²) >= 11 is 5.99. The Bertz CT molecular complexity index is 519. The minimum Gasteiger partial charge on any atom is -0.337 e. The zero-order valence-corrected chi connectivity index (χ0v) is 12.7. The summed E-state index contributed by atoms with van der Waals surface area (Å²) in [7, 11) is 2.19. The molecule has 3 rings (SSSR count). The Morgan fingerprint density at radius 1 is 1.25 bits per heavy atom. The fourth-order valence-electron chi connectivity index (χ4n) is 3.68. The highest BCUT2D eigenvalue weighted by Crippen LogP contribution is 2.36. The molecule has 2 aliphatic heterocycles. The number of hydrogen-bond acceptors (Lipinski definition) is 2. The molecule has 2 aliphatic rings. The van der Waals surface area contributed by atoms with E-state index in [0.717, 1.165) is 26.1 Å². The maximum Gasteiger partial charge on any atom is 0.253 e. The SMILES string of the molecule is CN1CCCC12CCCN(C(=O)c1cccc(Cl)c1)C2. The molecule has 1 unspecified atom stereocenters. The van der Waals surface area contributed by atoms with Gasteiger partial charge in [-0.15, -0.1) is 0 Å². The maximum atomic E-state index is 12.6. The van der Waals surface area contributed by atoms with Crippen LogP contribution in [0.2, 0.25) is 5.02 Å². The van der Waals surface area contributed by atoms with Crippen molar-refractivity contribution in [1.82, 2.24) is 9.80 Å². The average molecular weight is 293 g/mol. The smallest absolute Gasteiger partial charge is 0.253 e. The van der Waals surface area contributed by atoms with Gasteiger partial charge in [0.15, 0.2) is 0 Å². The van der Waals surface area contributed by atoms with Crippen molar-refractivity contribution < 1.29 is 4.79 Å². The summed E-state index contributed by atoms with van der Waals surface area (Å²) in [5.41, 5.74) is 0.919. The molecule has 0 N–H and O–H groups in total. The fraction of sp³-hybridized carbons (Fsp3) is 0.562. The first kappa shape index (κ1) is 13.9. The normalized spacial score (nSPS) is 27.2. The summed E-state index contributed by atoms with van der Waals surface area (Å²) in [6.45, 7) is 2.87. The third kappa shape index (κ3) is 2.45. The van der Waals surface area contributed by atoms with Gasteiger partial charge in [0.25, 0.3) is 5.91 Å². The number of likely N-dealkylation sites (N-methyl/N-ethyl adjacent to an activating group) is 1. The fourth-order valence-corrected chi connectivity index (χ4v) is 3.87. The van der Waals surface area contributed by atoms with Crippen molar-refractivity contribution in [3.05, 3.63) is 34.9 Å². The predicted molar refractivity (Wildman–Crippen MR) is 81.2 cm³/mol. The van der Waals surface area contributed by atoms with E-state index in [-0.39, 0.29) is 11.4 Å². The predicted octanol–water partition coefficient (Wildman–Crippen LogP) is 3.04. The molecule has 0 radical (unpaired) electrons. The van der Waals surface area contributed by atoms with Gasteiger partial charge in [0.05, 0.1) is 0 Å². The summed E-state index contributed by atoms with van der Waals surface area (Å²) in [5, 5.41) is 0.626. The lowest BCUT2D eigenvalue weighted by Crippen LogP contribution is -2.55. The third-order valence-electron chi connectivity index (χ3n) is 4.86. The lowest BCUT2D eigenvalue weighted by Gasteiger charge is -2.44. The van der Waals surface area contributed by atoms with E-state index < -0.39 is 0 Å². The van der Waals surface area contributed by atoms with E-state index in [1.165, 1.54) is 19.3 Å². The highest BCUT2D eigenvalue weighted by molar-refractivity contribution is 6.30. The minimum absolute atomic E-state index is 0.117. The number of nitrogens with zero attached hydrogens (tertiary/aromatic N) is 2. The van der Waals surface area contributed by atoms with E-state index >= 15 is 0 Å². The van der Waals surface area contributed by atoms with Crippen molar-refractivity contribution in [2.75, 3.05) is 26.7 Å². The molecule has 1 aromatic rings. The maximum absolute atomic E-state index is 12.6. The second-order valence-corrected chi connectivity index (χ2v) is 6.53. The number of amides is 1. The quantitative estimate of drug-likeness (QED) is 0.794. The van der Waals surface area contributed by atoms with Crippen LogP contribution in [-0.4, -0.2) is 47.9 Å². The Kier molecular flexibility index (Phi) is 3.74. The highest BCUT2D eigenvalue weighted by atomic mass is 35.5. The monoisotopic (exact) mass is 292 g/mol. The molecule has 1 amide bonds. The number of piperidine rings is 1. The van der Waals surface area contributed by atoms with Crippen LogP contribution in [0.5, 0.6) is 0 Å². The zero-order chi connectivity index (χ0) is 14.2. The summed E-state index contributed by atoms with van der Waals surface area (Å²) in [6.07, 6.45) is 4.76. The average Bonchev–Trinajstić information content (AvgIpc) is 2.79. The molecule has 0 aromatic heterocycles. The molecule has 2 heterocycles. The number of rotatable bonds is 1. The zero-order valence-electron chi connectivity index (χ0n) is 11.9. The molecule has 20 heavy (non-hydrogen) atoms. The van der Waals surface area contributed by atoms with Gasteiger partial charge >= 0.3 is 0 Å². The van der Waals surface area contributed by atoms with Crippen molar-refractivity contribution in [1.29, 1.82) is 0 Å². The van der Waals surface area contributed by atoms with Gasteiger partial charge in [-0.3, -0.25) is 9.69 Å². The lowest BCUT2D eigenvalue weighted by atomic mass is 9.86. The van der Waals surface area contributed by atoms with Crippen LogP contribution in [0.3, 0.4) is 0 Å². The van der Waals surface area contributed by atoms with E-state index in [2.05, 4.69) is 11.9 Å². The lowest BCUT2D eigenvalue weighted by molar-refractivity contribution is 0.0412. The summed E-state index contributed by atoms with van der Waals surface area (Å²) in [6, 6.07) is 7.27. The molecule has 0 aliphatic carbocycles. The molecule has 1 spiro atoms. The van der Waals surface area contributed by atoms with E-state index in [1.807, 2.05) is 17.0 Å². The van der Waals surface area contributed by atoms with Gasteiger partial charge in [0.1, 0.15) is 0 Å².